The average molecular weight is 361 g/mol. The van der Waals surface area contributed by atoms with Gasteiger partial charge in [-0.15, -0.1) is 0 Å². The van der Waals surface area contributed by atoms with Crippen molar-refractivity contribution >= 4 is 5.69 Å². The highest BCUT2D eigenvalue weighted by Gasteiger charge is 2.36. The lowest BCUT2D eigenvalue weighted by Gasteiger charge is -2.37. The van der Waals surface area contributed by atoms with Crippen molar-refractivity contribution < 1.29 is 4.39 Å². The average Bonchev–Trinajstić information content (AvgIpc) is 2.75. The summed E-state index contributed by atoms with van der Waals surface area (Å²) in [5.74, 6) is -0.309. The number of piperidine rings is 1. The second kappa shape index (κ2) is 7.49. The van der Waals surface area contributed by atoms with Crippen molar-refractivity contribution in [2.24, 2.45) is 5.73 Å². The molecule has 1 aliphatic heterocycles. The minimum absolute atomic E-state index is 0.309. The molecule has 138 valence electrons. The molecule has 1 aliphatic rings. The number of nitrogens with zero attached hydrogens (tertiary/aromatic N) is 2. The van der Waals surface area contributed by atoms with Crippen LogP contribution in [0.2, 0.25) is 0 Å². The Kier molecular flexibility index (Phi) is 4.90. The van der Waals surface area contributed by atoms with Crippen molar-refractivity contribution in [2.75, 3.05) is 18.0 Å². The molecule has 3 nitrogen and oxygen atoms in total. The molecule has 1 aromatic heterocycles. The maximum absolute atomic E-state index is 15.0. The van der Waals surface area contributed by atoms with Crippen molar-refractivity contribution in [3.8, 4) is 0 Å². The highest BCUT2D eigenvalue weighted by molar-refractivity contribution is 5.63. The van der Waals surface area contributed by atoms with Crippen molar-refractivity contribution in [2.45, 2.75) is 24.8 Å². The van der Waals surface area contributed by atoms with Crippen LogP contribution in [0.5, 0.6) is 0 Å². The van der Waals surface area contributed by atoms with Crippen LogP contribution in [-0.2, 0) is 5.54 Å². The van der Waals surface area contributed by atoms with Gasteiger partial charge >= 0.3 is 0 Å². The van der Waals surface area contributed by atoms with Crippen LogP contribution >= 0.6 is 0 Å². The van der Waals surface area contributed by atoms with Gasteiger partial charge in [0, 0.05) is 24.8 Å². The topological polar surface area (TPSA) is 42.1 Å². The first-order chi connectivity index (χ1) is 13.2. The fourth-order valence-corrected chi connectivity index (χ4v) is 4.04. The van der Waals surface area contributed by atoms with E-state index >= 15 is 4.39 Å². The molecule has 4 rings (SSSR count). The molecule has 0 bridgehead atoms. The fourth-order valence-electron chi connectivity index (χ4n) is 4.04. The van der Waals surface area contributed by atoms with Crippen LogP contribution in [0.3, 0.4) is 0 Å². The van der Waals surface area contributed by atoms with Crippen molar-refractivity contribution in [3.63, 3.8) is 0 Å². The Bertz CT molecular complexity index is 851. The number of aromatic nitrogens is 1. The largest absolute Gasteiger partial charge is 0.369 e. The molecule has 0 saturated carbocycles. The minimum atomic E-state index is -0.982. The number of benzene rings is 2. The summed E-state index contributed by atoms with van der Waals surface area (Å²) in [5, 5.41) is 0. The Hall–Kier alpha value is -2.72. The first-order valence-corrected chi connectivity index (χ1v) is 9.50. The molecule has 0 unspecified atom stereocenters. The molecule has 2 N–H and O–H groups in total. The SMILES string of the molecule is NC(c1ccccc1)(c1ccccc1)c1cncc(F)c1N1CCCCC1. The zero-order chi connectivity index (χ0) is 18.7. The van der Waals surface area contributed by atoms with Crippen molar-refractivity contribution in [1.29, 1.82) is 0 Å². The summed E-state index contributed by atoms with van der Waals surface area (Å²) in [4.78, 5) is 6.30. The molecule has 0 spiro atoms. The van der Waals surface area contributed by atoms with Crippen LogP contribution in [0, 0.1) is 5.82 Å². The van der Waals surface area contributed by atoms with E-state index in [2.05, 4.69) is 9.88 Å². The third kappa shape index (κ3) is 3.21. The predicted molar refractivity (Wildman–Crippen MR) is 107 cm³/mol. The van der Waals surface area contributed by atoms with Crippen LogP contribution in [0.1, 0.15) is 36.0 Å². The summed E-state index contributed by atoms with van der Waals surface area (Å²) in [6, 6.07) is 19.8. The Balaban J connectivity index is 1.96. The summed E-state index contributed by atoms with van der Waals surface area (Å²) in [6.07, 6.45) is 6.34. The first-order valence-electron chi connectivity index (χ1n) is 9.50. The van der Waals surface area contributed by atoms with Gasteiger partial charge in [0.25, 0.3) is 0 Å². The second-order valence-corrected chi connectivity index (χ2v) is 7.11. The van der Waals surface area contributed by atoms with E-state index in [0.29, 0.717) is 11.3 Å². The van der Waals surface area contributed by atoms with Crippen molar-refractivity contribution in [3.05, 3.63) is 95.6 Å². The lowest BCUT2D eigenvalue weighted by atomic mass is 9.77. The Morgan fingerprint density at radius 2 is 1.37 bits per heavy atom. The van der Waals surface area contributed by atoms with Gasteiger partial charge in [-0.05, 0) is 30.4 Å². The molecule has 0 aliphatic carbocycles. The standard InChI is InChI=1S/C23H24FN3/c24-21-17-26-16-20(22(21)27-14-8-3-9-15-27)23(25,18-10-4-1-5-11-18)19-12-6-2-7-13-19/h1-2,4-7,10-13,16-17H,3,8-9,14-15,25H2. The van der Waals surface area contributed by atoms with E-state index in [-0.39, 0.29) is 5.82 Å². The molecule has 4 heteroatoms. The second-order valence-electron chi connectivity index (χ2n) is 7.11. The first kappa shape index (κ1) is 17.7. The summed E-state index contributed by atoms with van der Waals surface area (Å²) in [5.41, 5.74) is 9.25. The molecule has 0 atom stereocenters. The number of hydrogen-bond acceptors (Lipinski definition) is 3. The number of anilines is 1. The predicted octanol–water partition coefficient (Wildman–Crippen LogP) is 4.46. The zero-order valence-corrected chi connectivity index (χ0v) is 15.3. The van der Waals surface area contributed by atoms with E-state index in [1.54, 1.807) is 6.20 Å². The number of nitrogens with two attached hydrogens (primary N) is 1. The summed E-state index contributed by atoms with van der Waals surface area (Å²) in [6.45, 7) is 1.68. The summed E-state index contributed by atoms with van der Waals surface area (Å²) >= 11 is 0. The molecule has 0 radical (unpaired) electrons. The lowest BCUT2D eigenvalue weighted by Crippen LogP contribution is -2.42. The Morgan fingerprint density at radius 3 is 1.93 bits per heavy atom. The molecular formula is C23H24FN3. The molecule has 27 heavy (non-hydrogen) atoms. The normalized spacial score (nSPS) is 15.0. The monoisotopic (exact) mass is 361 g/mol. The summed E-state index contributed by atoms with van der Waals surface area (Å²) < 4.78 is 15.0. The van der Waals surface area contributed by atoms with Gasteiger partial charge in [0.2, 0.25) is 0 Å². The molecule has 0 amide bonds. The van der Waals surface area contributed by atoms with E-state index in [0.717, 1.165) is 37.1 Å². The summed E-state index contributed by atoms with van der Waals surface area (Å²) in [7, 11) is 0. The highest BCUT2D eigenvalue weighted by Crippen LogP contribution is 2.40. The lowest BCUT2D eigenvalue weighted by molar-refractivity contribution is 0.541. The number of rotatable bonds is 4. The quantitative estimate of drug-likeness (QED) is 0.746. The molecule has 1 saturated heterocycles. The van der Waals surface area contributed by atoms with E-state index in [9.17, 15) is 0 Å². The van der Waals surface area contributed by atoms with Gasteiger partial charge in [0.05, 0.1) is 17.4 Å². The maximum Gasteiger partial charge on any atom is 0.165 e. The van der Waals surface area contributed by atoms with Crippen molar-refractivity contribution in [1.82, 2.24) is 4.98 Å². The van der Waals surface area contributed by atoms with Gasteiger partial charge < -0.3 is 10.6 Å². The van der Waals surface area contributed by atoms with E-state index < -0.39 is 5.54 Å². The molecular weight excluding hydrogens is 337 g/mol. The minimum Gasteiger partial charge on any atom is -0.369 e. The van der Waals surface area contributed by atoms with Crippen LogP contribution in [0.15, 0.2) is 73.1 Å². The van der Waals surface area contributed by atoms with Gasteiger partial charge in [0.1, 0.15) is 0 Å². The fraction of sp³-hybridized carbons (Fsp3) is 0.261. The number of hydrogen-bond donors (Lipinski definition) is 1. The van der Waals surface area contributed by atoms with Gasteiger partial charge in [-0.2, -0.15) is 0 Å². The van der Waals surface area contributed by atoms with Crippen LogP contribution in [0.25, 0.3) is 0 Å². The van der Waals surface area contributed by atoms with Gasteiger partial charge in [-0.1, -0.05) is 60.7 Å². The van der Waals surface area contributed by atoms with Gasteiger partial charge in [-0.25, -0.2) is 4.39 Å². The van der Waals surface area contributed by atoms with Gasteiger partial charge in [0.15, 0.2) is 5.82 Å². The number of pyridine rings is 1. The molecule has 1 fully saturated rings. The Morgan fingerprint density at radius 1 is 0.815 bits per heavy atom. The highest BCUT2D eigenvalue weighted by atomic mass is 19.1. The van der Waals surface area contributed by atoms with Crippen LogP contribution in [0.4, 0.5) is 10.1 Å². The zero-order valence-electron chi connectivity index (χ0n) is 15.3. The van der Waals surface area contributed by atoms with Crippen LogP contribution in [-0.4, -0.2) is 18.1 Å². The molecule has 3 aromatic rings. The smallest absolute Gasteiger partial charge is 0.165 e. The van der Waals surface area contributed by atoms with Gasteiger partial charge in [-0.3, -0.25) is 4.98 Å². The molecule has 2 aromatic carbocycles. The Labute approximate surface area is 159 Å². The third-order valence-corrected chi connectivity index (χ3v) is 5.43. The number of halogens is 1. The maximum atomic E-state index is 15.0. The van der Waals surface area contributed by atoms with Crippen LogP contribution < -0.4 is 10.6 Å². The molecule has 2 heterocycles. The van der Waals surface area contributed by atoms with E-state index in [1.807, 2.05) is 60.7 Å². The van der Waals surface area contributed by atoms with E-state index in [4.69, 9.17) is 5.73 Å². The third-order valence-electron chi connectivity index (χ3n) is 5.43. The van der Waals surface area contributed by atoms with E-state index in [1.165, 1.54) is 12.6 Å².